The molecule has 0 heterocycles. The molecular weight excluding hydrogens is 250 g/mol. The zero-order valence-corrected chi connectivity index (χ0v) is 11.2. The topological polar surface area (TPSA) is 32.3 Å². The smallest absolute Gasteiger partial charge is 0.254 e. The predicted molar refractivity (Wildman–Crippen MR) is 70.3 cm³/mol. The Balaban J connectivity index is 2.27. The van der Waals surface area contributed by atoms with Crippen LogP contribution in [0.3, 0.4) is 0 Å². The minimum Gasteiger partial charge on any atom is -0.383 e. The summed E-state index contributed by atoms with van der Waals surface area (Å²) < 4.78 is 27.3. The van der Waals surface area contributed by atoms with E-state index in [1.807, 2.05) is 6.92 Å². The summed E-state index contributed by atoms with van der Waals surface area (Å²) in [6.07, 6.45) is 2.79. The Morgan fingerprint density at radius 2 is 1.95 bits per heavy atom. The Morgan fingerprint density at radius 3 is 2.37 bits per heavy atom. The number of carbonyl (C=O) groups is 1. The van der Waals surface area contributed by atoms with Crippen molar-refractivity contribution in [2.45, 2.75) is 32.2 Å². The molecule has 0 atom stereocenters. The lowest BCUT2D eigenvalue weighted by Gasteiger charge is -2.22. The van der Waals surface area contributed by atoms with Crippen LogP contribution in [-0.4, -0.2) is 30.4 Å². The van der Waals surface area contributed by atoms with Gasteiger partial charge in [0.2, 0.25) is 0 Å². The van der Waals surface area contributed by atoms with Gasteiger partial charge < -0.3 is 10.2 Å². The highest BCUT2D eigenvalue weighted by Gasteiger charge is 2.32. The summed E-state index contributed by atoms with van der Waals surface area (Å²) in [5.41, 5.74) is -0.126. The summed E-state index contributed by atoms with van der Waals surface area (Å²) in [6, 6.07) is 2.44. The number of carbonyl (C=O) groups excluding carboxylic acids is 1. The van der Waals surface area contributed by atoms with E-state index in [-0.39, 0.29) is 23.2 Å². The first-order valence-corrected chi connectivity index (χ1v) is 6.56. The molecule has 5 heteroatoms. The third-order valence-electron chi connectivity index (χ3n) is 3.25. The van der Waals surface area contributed by atoms with Crippen molar-refractivity contribution in [3.63, 3.8) is 0 Å². The maximum absolute atomic E-state index is 13.7. The molecule has 0 spiro atoms. The molecule has 0 bridgehead atoms. The van der Waals surface area contributed by atoms with Crippen LogP contribution in [0.25, 0.3) is 0 Å². The predicted octanol–water partition coefficient (Wildman–Crippen LogP) is 3.02. The van der Waals surface area contributed by atoms with E-state index in [2.05, 4.69) is 5.32 Å². The van der Waals surface area contributed by atoms with Crippen molar-refractivity contribution in [1.29, 1.82) is 0 Å². The van der Waals surface area contributed by atoms with Gasteiger partial charge in [0, 0.05) is 25.2 Å². The summed E-state index contributed by atoms with van der Waals surface area (Å²) in [6.45, 7) is 2.61. The number of nitrogens with one attached hydrogen (secondary N) is 1. The van der Waals surface area contributed by atoms with Crippen LogP contribution < -0.4 is 5.32 Å². The lowest BCUT2D eigenvalue weighted by Crippen LogP contribution is -2.34. The molecule has 0 unspecified atom stereocenters. The molecule has 0 radical (unpaired) electrons. The van der Waals surface area contributed by atoms with Crippen molar-refractivity contribution in [2.75, 3.05) is 18.9 Å². The number of halogens is 2. The van der Waals surface area contributed by atoms with E-state index >= 15 is 0 Å². The first kappa shape index (κ1) is 13.8. The van der Waals surface area contributed by atoms with Gasteiger partial charge in [-0.1, -0.05) is 6.92 Å². The second-order valence-corrected chi connectivity index (χ2v) is 4.79. The van der Waals surface area contributed by atoms with E-state index in [9.17, 15) is 13.6 Å². The van der Waals surface area contributed by atoms with Gasteiger partial charge in [-0.15, -0.1) is 0 Å². The third-order valence-corrected chi connectivity index (χ3v) is 3.25. The van der Waals surface area contributed by atoms with Gasteiger partial charge >= 0.3 is 0 Å². The second-order valence-electron chi connectivity index (χ2n) is 4.79. The third kappa shape index (κ3) is 2.85. The molecule has 1 aliphatic rings. The van der Waals surface area contributed by atoms with Crippen LogP contribution in [0, 0.1) is 11.6 Å². The zero-order chi connectivity index (χ0) is 14.0. The van der Waals surface area contributed by atoms with E-state index in [0.29, 0.717) is 6.54 Å². The summed E-state index contributed by atoms with van der Waals surface area (Å²) in [4.78, 5) is 14.0. The van der Waals surface area contributed by atoms with Crippen molar-refractivity contribution in [3.05, 3.63) is 29.3 Å². The fourth-order valence-corrected chi connectivity index (χ4v) is 2.18. The molecule has 1 aliphatic carbocycles. The van der Waals surface area contributed by atoms with E-state index in [4.69, 9.17) is 0 Å². The van der Waals surface area contributed by atoms with Crippen LogP contribution in [0.4, 0.5) is 14.5 Å². The van der Waals surface area contributed by atoms with Gasteiger partial charge in [0.15, 0.2) is 0 Å². The minimum atomic E-state index is -0.738. The zero-order valence-electron chi connectivity index (χ0n) is 11.2. The molecule has 0 saturated heterocycles. The molecule has 1 saturated carbocycles. The second kappa shape index (κ2) is 5.55. The van der Waals surface area contributed by atoms with Gasteiger partial charge in [-0.05, 0) is 31.4 Å². The molecule has 0 aliphatic heterocycles. The SMILES string of the molecule is CCCN(C(=O)c1cc(F)c(NC)c(F)c1)C1CC1. The summed E-state index contributed by atoms with van der Waals surface area (Å²) >= 11 is 0. The highest BCUT2D eigenvalue weighted by molar-refractivity contribution is 5.95. The van der Waals surface area contributed by atoms with Gasteiger partial charge in [-0.3, -0.25) is 4.79 Å². The highest BCUT2D eigenvalue weighted by atomic mass is 19.1. The Morgan fingerprint density at radius 1 is 1.37 bits per heavy atom. The monoisotopic (exact) mass is 268 g/mol. The molecule has 1 amide bonds. The van der Waals surface area contributed by atoms with Crippen LogP contribution in [0.2, 0.25) is 0 Å². The first-order chi connectivity index (χ1) is 9.08. The number of hydrogen-bond donors (Lipinski definition) is 1. The van der Waals surface area contributed by atoms with Crippen molar-refractivity contribution in [2.24, 2.45) is 0 Å². The standard InChI is InChI=1S/C14H18F2N2O/c1-3-6-18(10-4-5-10)14(19)9-7-11(15)13(17-2)12(16)8-9/h7-8,10,17H,3-6H2,1-2H3. The average molecular weight is 268 g/mol. The fourth-order valence-electron chi connectivity index (χ4n) is 2.18. The molecule has 0 aromatic heterocycles. The largest absolute Gasteiger partial charge is 0.383 e. The van der Waals surface area contributed by atoms with Crippen molar-refractivity contribution in [3.8, 4) is 0 Å². The van der Waals surface area contributed by atoms with Crippen LogP contribution in [0.5, 0.6) is 0 Å². The lowest BCUT2D eigenvalue weighted by molar-refractivity contribution is 0.0742. The maximum Gasteiger partial charge on any atom is 0.254 e. The average Bonchev–Trinajstić information content (AvgIpc) is 3.19. The van der Waals surface area contributed by atoms with Gasteiger partial charge in [0.1, 0.15) is 17.3 Å². The molecule has 1 aromatic carbocycles. The van der Waals surface area contributed by atoms with Crippen molar-refractivity contribution in [1.82, 2.24) is 4.90 Å². The highest BCUT2D eigenvalue weighted by Crippen LogP contribution is 2.29. The van der Waals surface area contributed by atoms with Gasteiger partial charge in [-0.25, -0.2) is 8.78 Å². The minimum absolute atomic E-state index is 0.0781. The number of nitrogens with zero attached hydrogens (tertiary/aromatic N) is 1. The normalized spacial score (nSPS) is 14.3. The van der Waals surface area contributed by atoms with Gasteiger partial charge in [0.25, 0.3) is 5.91 Å². The number of hydrogen-bond acceptors (Lipinski definition) is 2. The Bertz CT molecular complexity index is 463. The number of anilines is 1. The molecule has 104 valence electrons. The number of amides is 1. The van der Waals surface area contributed by atoms with E-state index < -0.39 is 11.6 Å². The molecule has 3 nitrogen and oxygen atoms in total. The van der Waals surface area contributed by atoms with E-state index in [1.165, 1.54) is 7.05 Å². The summed E-state index contributed by atoms with van der Waals surface area (Å²) in [5.74, 6) is -1.76. The molecule has 1 fully saturated rings. The molecule has 19 heavy (non-hydrogen) atoms. The molecular formula is C14H18F2N2O. The fraction of sp³-hybridized carbons (Fsp3) is 0.500. The number of rotatable bonds is 5. The Kier molecular flexibility index (Phi) is 4.02. The maximum atomic E-state index is 13.7. The Hall–Kier alpha value is -1.65. The quantitative estimate of drug-likeness (QED) is 0.890. The lowest BCUT2D eigenvalue weighted by atomic mass is 10.1. The van der Waals surface area contributed by atoms with Gasteiger partial charge in [0.05, 0.1) is 0 Å². The summed E-state index contributed by atoms with van der Waals surface area (Å²) in [7, 11) is 1.44. The van der Waals surface area contributed by atoms with Crippen molar-refractivity contribution >= 4 is 11.6 Å². The van der Waals surface area contributed by atoms with Gasteiger partial charge in [-0.2, -0.15) is 0 Å². The van der Waals surface area contributed by atoms with Crippen LogP contribution in [-0.2, 0) is 0 Å². The molecule has 1 N–H and O–H groups in total. The van der Waals surface area contributed by atoms with E-state index in [0.717, 1.165) is 31.4 Å². The van der Waals surface area contributed by atoms with Crippen LogP contribution in [0.15, 0.2) is 12.1 Å². The van der Waals surface area contributed by atoms with Crippen molar-refractivity contribution < 1.29 is 13.6 Å². The number of benzene rings is 1. The van der Waals surface area contributed by atoms with Crippen LogP contribution in [0.1, 0.15) is 36.5 Å². The first-order valence-electron chi connectivity index (χ1n) is 6.56. The van der Waals surface area contributed by atoms with E-state index in [1.54, 1.807) is 4.90 Å². The Labute approximate surface area is 111 Å². The van der Waals surface area contributed by atoms with Crippen LogP contribution >= 0.6 is 0 Å². The molecule has 2 rings (SSSR count). The molecule has 1 aromatic rings. The summed E-state index contributed by atoms with van der Waals surface area (Å²) in [5, 5.41) is 2.44.